The molecule has 0 spiro atoms. The first-order chi connectivity index (χ1) is 5.00. The molecule has 1 aromatic carbocycles. The van der Waals surface area contributed by atoms with Gasteiger partial charge in [-0.25, -0.2) is 0 Å². The molecule has 0 N–H and O–H groups in total. The Morgan fingerprint density at radius 2 is 1.64 bits per heavy atom. The molecule has 0 aliphatic rings. The summed E-state index contributed by atoms with van der Waals surface area (Å²) in [6.45, 7) is 0. The van der Waals surface area contributed by atoms with E-state index in [1.54, 1.807) is 12.1 Å². The van der Waals surface area contributed by atoms with E-state index >= 15 is 0 Å². The third-order valence-electron chi connectivity index (χ3n) is 1.08. The van der Waals surface area contributed by atoms with Crippen LogP contribution in [0.15, 0.2) is 29.2 Å². The fourth-order valence-corrected chi connectivity index (χ4v) is 1.44. The van der Waals surface area contributed by atoms with Gasteiger partial charge in [0.15, 0.2) is 0 Å². The van der Waals surface area contributed by atoms with Gasteiger partial charge in [0.1, 0.15) is 0 Å². The molecule has 0 amide bonds. The third kappa shape index (κ3) is 2.40. The van der Waals surface area contributed by atoms with Crippen molar-refractivity contribution in [3.63, 3.8) is 0 Å². The zero-order valence-electron chi connectivity index (χ0n) is 5.26. The van der Waals surface area contributed by atoms with Crippen molar-refractivity contribution in [2.24, 2.45) is 0 Å². The number of hydrogen-bond donors (Lipinski definition) is 0. The van der Waals surface area contributed by atoms with Gasteiger partial charge in [-0.1, -0.05) is 0 Å². The minimum absolute atomic E-state index is 0.182. The molecule has 0 bridgehead atoms. The maximum atomic E-state index is 10.4. The average Bonchev–Trinajstić information content (AvgIpc) is 1.86. The second kappa shape index (κ2) is 3.05. The van der Waals surface area contributed by atoms with E-state index in [2.05, 4.69) is 0 Å². The number of benzene rings is 1. The van der Waals surface area contributed by atoms with Gasteiger partial charge >= 0.3 is 76.0 Å². The van der Waals surface area contributed by atoms with Crippen LogP contribution in [0.1, 0.15) is 0 Å². The Morgan fingerprint density at radius 1 is 1.18 bits per heavy atom. The fraction of sp³-hybridized carbons (Fsp3) is 0. The van der Waals surface area contributed by atoms with E-state index in [1.807, 2.05) is 19.8 Å². The monoisotopic (exact) mass is 351 g/mol. The van der Waals surface area contributed by atoms with Crippen molar-refractivity contribution < 1.29 is 32.8 Å². The normalized spacial score (nSPS) is 11.5. The van der Waals surface area contributed by atoms with Gasteiger partial charge in [0.05, 0.1) is 0 Å². The van der Waals surface area contributed by atoms with Gasteiger partial charge in [-0.3, -0.25) is 0 Å². The first-order valence-corrected chi connectivity index (χ1v) is 5.23. The van der Waals surface area contributed by atoms with Crippen LogP contribution in [0.5, 0.6) is 0 Å². The van der Waals surface area contributed by atoms with Crippen LogP contribution in [0, 0.1) is 0 Å². The molecular formula is C6H4O3PtS. The summed E-state index contributed by atoms with van der Waals surface area (Å²) in [5, 5.41) is 0. The molecule has 0 radical (unpaired) electrons. The predicted octanol–water partition coefficient (Wildman–Crippen LogP) is -0.237. The van der Waals surface area contributed by atoms with Crippen LogP contribution in [0.2, 0.25) is 0 Å². The Bertz CT molecular complexity index is 341. The van der Waals surface area contributed by atoms with Crippen LogP contribution in [-0.4, -0.2) is 13.0 Å². The van der Waals surface area contributed by atoms with Crippen LogP contribution in [0.3, 0.4) is 0 Å². The minimum atomic E-state index is -4.27. The van der Waals surface area contributed by atoms with Gasteiger partial charge in [-0.2, -0.15) is 0 Å². The summed E-state index contributed by atoms with van der Waals surface area (Å²) in [6, 6.07) is 5.74. The Balaban J connectivity index is 3.20. The van der Waals surface area contributed by atoms with Crippen LogP contribution in [0.4, 0.5) is 0 Å². The quantitative estimate of drug-likeness (QED) is 0.657. The van der Waals surface area contributed by atoms with Crippen molar-refractivity contribution in [3.05, 3.63) is 24.3 Å². The topological polar surface area (TPSA) is 57.2 Å². The van der Waals surface area contributed by atoms with Crippen molar-refractivity contribution in [1.82, 2.24) is 0 Å². The summed E-state index contributed by atoms with van der Waals surface area (Å²) in [7, 11) is -4.27. The molecule has 0 saturated heterocycles. The van der Waals surface area contributed by atoms with E-state index in [0.717, 1.165) is 3.95 Å². The van der Waals surface area contributed by atoms with Gasteiger partial charge in [-0.15, -0.1) is 0 Å². The van der Waals surface area contributed by atoms with Crippen molar-refractivity contribution in [3.8, 4) is 0 Å². The van der Waals surface area contributed by atoms with Crippen LogP contribution >= 0.6 is 0 Å². The zero-order valence-corrected chi connectivity index (χ0v) is 8.35. The summed E-state index contributed by atoms with van der Waals surface area (Å²) >= 11 is 2.01. The molecule has 0 heterocycles. The molecule has 0 aliphatic heterocycles. The second-order valence-electron chi connectivity index (χ2n) is 1.87. The van der Waals surface area contributed by atoms with Gasteiger partial charge < -0.3 is 0 Å². The molecule has 62 valence electrons. The molecule has 0 unspecified atom stereocenters. The molecule has 0 atom stereocenters. The molecule has 0 fully saturated rings. The predicted molar refractivity (Wildman–Crippen MR) is 34.0 cm³/mol. The fourth-order valence-electron chi connectivity index (χ4n) is 0.591. The van der Waals surface area contributed by atoms with Crippen LogP contribution in [-0.2, 0) is 29.9 Å². The average molecular weight is 351 g/mol. The van der Waals surface area contributed by atoms with E-state index in [4.69, 9.17) is 0 Å². The molecule has 0 saturated carbocycles. The molecule has 0 aromatic heterocycles. The van der Waals surface area contributed by atoms with Crippen molar-refractivity contribution in [2.75, 3.05) is 0 Å². The van der Waals surface area contributed by atoms with E-state index in [9.17, 15) is 13.0 Å². The summed E-state index contributed by atoms with van der Waals surface area (Å²) in [5.41, 5.74) is 0. The molecule has 3 nitrogen and oxygen atoms in total. The maximum absolute atomic E-state index is 10.4. The Hall–Kier alpha value is -0.182. The van der Waals surface area contributed by atoms with E-state index in [0.29, 0.717) is 0 Å². The summed E-state index contributed by atoms with van der Waals surface area (Å²) in [6.07, 6.45) is 0. The molecular weight excluding hydrogens is 347 g/mol. The molecule has 1 rings (SSSR count). The standard InChI is InChI=1S/C6H5O3S.Pt/c7-10(8,9)6-4-2-1-3-5-6;/h2-5H,(H,7,8,9);/q;+1/p-1. The van der Waals surface area contributed by atoms with Crippen LogP contribution in [0.25, 0.3) is 0 Å². The van der Waals surface area contributed by atoms with Crippen molar-refractivity contribution in [1.29, 1.82) is 0 Å². The SMILES string of the molecule is O=S(=O)([O-])c1cc[c]([Pt+])cc1. The third-order valence-corrected chi connectivity index (χ3v) is 2.69. The Labute approximate surface area is 76.1 Å². The number of hydrogen-bond acceptors (Lipinski definition) is 3. The second-order valence-corrected chi connectivity index (χ2v) is 4.56. The molecule has 5 heteroatoms. The van der Waals surface area contributed by atoms with Gasteiger partial charge in [-0.05, 0) is 0 Å². The molecule has 11 heavy (non-hydrogen) atoms. The summed E-state index contributed by atoms with van der Waals surface area (Å²) in [5.74, 6) is 0. The van der Waals surface area contributed by atoms with Gasteiger partial charge in [0, 0.05) is 0 Å². The number of rotatable bonds is 1. The zero-order chi connectivity index (χ0) is 8.48. The molecule has 1 aromatic rings. The van der Waals surface area contributed by atoms with Crippen molar-refractivity contribution >= 4 is 14.1 Å². The summed E-state index contributed by atoms with van der Waals surface area (Å²) in [4.78, 5) is -0.182. The van der Waals surface area contributed by atoms with Gasteiger partial charge in [0.2, 0.25) is 0 Å². The first kappa shape index (κ1) is 8.91. The van der Waals surface area contributed by atoms with E-state index in [-0.39, 0.29) is 4.90 Å². The van der Waals surface area contributed by atoms with E-state index < -0.39 is 10.1 Å². The summed E-state index contributed by atoms with van der Waals surface area (Å²) < 4.78 is 32.1. The van der Waals surface area contributed by atoms with Gasteiger partial charge in [0.25, 0.3) is 0 Å². The Kier molecular flexibility index (Phi) is 2.47. The van der Waals surface area contributed by atoms with Crippen molar-refractivity contribution in [2.45, 2.75) is 4.90 Å². The van der Waals surface area contributed by atoms with Crippen LogP contribution < -0.4 is 3.95 Å². The first-order valence-electron chi connectivity index (χ1n) is 2.68. The Morgan fingerprint density at radius 3 is 2.00 bits per heavy atom. The van der Waals surface area contributed by atoms with E-state index in [1.165, 1.54) is 12.1 Å². The molecule has 0 aliphatic carbocycles.